The van der Waals surface area contributed by atoms with Crippen molar-refractivity contribution in [3.05, 3.63) is 47.8 Å². The second kappa shape index (κ2) is 7.36. The van der Waals surface area contributed by atoms with Gasteiger partial charge in [0.25, 0.3) is 0 Å². The fourth-order valence-electron chi connectivity index (χ4n) is 3.83. The van der Waals surface area contributed by atoms with Gasteiger partial charge in [0.05, 0.1) is 24.2 Å². The second-order valence-electron chi connectivity index (χ2n) is 7.55. The number of aryl methyl sites for hydroxylation is 2. The SMILES string of the molecule is Cc1nccc(-c2cnc(N3C[C@@H](C)O[C@@H](C)C3)nc2-c2ccoc2C)c1C. The Morgan fingerprint density at radius 2 is 1.71 bits per heavy atom. The highest BCUT2D eigenvalue weighted by atomic mass is 16.5. The molecule has 4 rings (SSSR count). The van der Waals surface area contributed by atoms with Gasteiger partial charge in [-0.25, -0.2) is 9.97 Å². The van der Waals surface area contributed by atoms with E-state index >= 15 is 0 Å². The summed E-state index contributed by atoms with van der Waals surface area (Å²) in [5, 5.41) is 0. The molecule has 0 saturated carbocycles. The smallest absolute Gasteiger partial charge is 0.226 e. The van der Waals surface area contributed by atoms with Gasteiger partial charge in [0.15, 0.2) is 0 Å². The molecule has 1 fully saturated rings. The Labute approximate surface area is 165 Å². The van der Waals surface area contributed by atoms with E-state index < -0.39 is 0 Å². The van der Waals surface area contributed by atoms with Crippen LogP contribution in [0.1, 0.15) is 30.9 Å². The molecule has 0 N–H and O–H groups in total. The third-order valence-corrected chi connectivity index (χ3v) is 5.34. The topological polar surface area (TPSA) is 64.3 Å². The molecular weight excluding hydrogens is 352 g/mol. The van der Waals surface area contributed by atoms with Crippen molar-refractivity contribution >= 4 is 5.95 Å². The Morgan fingerprint density at radius 3 is 2.39 bits per heavy atom. The molecule has 4 heterocycles. The van der Waals surface area contributed by atoms with Gasteiger partial charge >= 0.3 is 0 Å². The maximum Gasteiger partial charge on any atom is 0.226 e. The Kier molecular flexibility index (Phi) is 4.89. The lowest BCUT2D eigenvalue weighted by molar-refractivity contribution is -0.00571. The van der Waals surface area contributed by atoms with E-state index in [1.165, 1.54) is 0 Å². The van der Waals surface area contributed by atoms with E-state index in [2.05, 4.69) is 30.7 Å². The molecule has 1 aliphatic rings. The zero-order valence-electron chi connectivity index (χ0n) is 17.1. The Morgan fingerprint density at radius 1 is 0.964 bits per heavy atom. The summed E-state index contributed by atoms with van der Waals surface area (Å²) in [6.45, 7) is 11.8. The minimum atomic E-state index is 0.149. The van der Waals surface area contributed by atoms with E-state index in [-0.39, 0.29) is 12.2 Å². The van der Waals surface area contributed by atoms with Crippen LogP contribution >= 0.6 is 0 Å². The summed E-state index contributed by atoms with van der Waals surface area (Å²) in [5.41, 5.74) is 6.10. The fourth-order valence-corrected chi connectivity index (χ4v) is 3.83. The summed E-state index contributed by atoms with van der Waals surface area (Å²) < 4.78 is 11.4. The van der Waals surface area contributed by atoms with E-state index in [1.807, 2.05) is 38.4 Å². The number of hydrogen-bond donors (Lipinski definition) is 0. The van der Waals surface area contributed by atoms with Crippen LogP contribution < -0.4 is 4.90 Å². The molecule has 146 valence electrons. The molecule has 0 amide bonds. The van der Waals surface area contributed by atoms with Crippen molar-refractivity contribution < 1.29 is 9.15 Å². The van der Waals surface area contributed by atoms with Crippen molar-refractivity contribution in [2.75, 3.05) is 18.0 Å². The highest BCUT2D eigenvalue weighted by Crippen LogP contribution is 2.35. The summed E-state index contributed by atoms with van der Waals surface area (Å²) in [7, 11) is 0. The summed E-state index contributed by atoms with van der Waals surface area (Å²) in [5.74, 6) is 1.57. The molecule has 0 spiro atoms. The number of aromatic nitrogens is 3. The summed E-state index contributed by atoms with van der Waals surface area (Å²) in [4.78, 5) is 16.3. The number of morpholine rings is 1. The van der Waals surface area contributed by atoms with Crippen molar-refractivity contribution in [3.8, 4) is 22.4 Å². The second-order valence-corrected chi connectivity index (χ2v) is 7.55. The molecular formula is C22H26N4O2. The third-order valence-electron chi connectivity index (χ3n) is 5.34. The van der Waals surface area contributed by atoms with Gasteiger partial charge in [0.1, 0.15) is 5.76 Å². The van der Waals surface area contributed by atoms with E-state index in [4.69, 9.17) is 19.1 Å². The molecule has 0 aromatic carbocycles. The molecule has 6 heteroatoms. The van der Waals surface area contributed by atoms with Gasteiger partial charge in [-0.2, -0.15) is 0 Å². The first kappa shape index (κ1) is 18.6. The minimum Gasteiger partial charge on any atom is -0.469 e. The third kappa shape index (κ3) is 3.40. The predicted molar refractivity (Wildman–Crippen MR) is 109 cm³/mol. The summed E-state index contributed by atoms with van der Waals surface area (Å²) in [6.07, 6.45) is 5.77. The average Bonchev–Trinajstić information content (AvgIpc) is 3.09. The number of furan rings is 1. The summed E-state index contributed by atoms with van der Waals surface area (Å²) in [6, 6.07) is 4.00. The van der Waals surface area contributed by atoms with Gasteiger partial charge in [-0.1, -0.05) is 0 Å². The molecule has 0 bridgehead atoms. The molecule has 6 nitrogen and oxygen atoms in total. The van der Waals surface area contributed by atoms with Crippen LogP contribution in [0.3, 0.4) is 0 Å². The number of anilines is 1. The molecule has 0 aliphatic carbocycles. The van der Waals surface area contributed by atoms with Crippen LogP contribution in [0.25, 0.3) is 22.4 Å². The van der Waals surface area contributed by atoms with Crippen LogP contribution in [-0.2, 0) is 4.74 Å². The van der Waals surface area contributed by atoms with Crippen molar-refractivity contribution in [2.45, 2.75) is 46.8 Å². The fraction of sp³-hybridized carbons (Fsp3) is 0.409. The molecule has 0 radical (unpaired) electrons. The first-order valence-electron chi connectivity index (χ1n) is 9.68. The zero-order chi connectivity index (χ0) is 19.8. The largest absolute Gasteiger partial charge is 0.469 e. The molecule has 1 aliphatic heterocycles. The number of rotatable bonds is 3. The van der Waals surface area contributed by atoms with Crippen molar-refractivity contribution in [3.63, 3.8) is 0 Å². The lowest BCUT2D eigenvalue weighted by atomic mass is 9.97. The summed E-state index contributed by atoms with van der Waals surface area (Å²) >= 11 is 0. The minimum absolute atomic E-state index is 0.149. The van der Waals surface area contributed by atoms with Crippen LogP contribution in [0.15, 0.2) is 35.2 Å². The van der Waals surface area contributed by atoms with Crippen molar-refractivity contribution in [2.24, 2.45) is 0 Å². The molecule has 0 unspecified atom stereocenters. The van der Waals surface area contributed by atoms with Gasteiger partial charge in [-0.3, -0.25) is 4.98 Å². The number of ether oxygens (including phenoxy) is 1. The Bertz CT molecular complexity index is 988. The van der Waals surface area contributed by atoms with Crippen LogP contribution in [0.4, 0.5) is 5.95 Å². The standard InChI is InChI=1S/C22H26N4O2/c1-13-11-26(12-14(2)28-13)22-24-10-20(18-6-8-23-16(4)15(18)3)21(25-22)19-7-9-27-17(19)5/h6-10,13-14H,11-12H2,1-5H3/t13-,14+. The maximum atomic E-state index is 5.86. The van der Waals surface area contributed by atoms with Gasteiger partial charge in [0, 0.05) is 42.3 Å². The predicted octanol–water partition coefficient (Wildman–Crippen LogP) is 4.34. The monoisotopic (exact) mass is 378 g/mol. The van der Waals surface area contributed by atoms with Crippen LogP contribution in [0.2, 0.25) is 0 Å². The van der Waals surface area contributed by atoms with E-state index in [9.17, 15) is 0 Å². The zero-order valence-corrected chi connectivity index (χ0v) is 17.1. The molecule has 28 heavy (non-hydrogen) atoms. The quantitative estimate of drug-likeness (QED) is 0.676. The lowest BCUT2D eigenvalue weighted by Gasteiger charge is -2.35. The first-order chi connectivity index (χ1) is 13.4. The van der Waals surface area contributed by atoms with Gasteiger partial charge < -0.3 is 14.1 Å². The Hall–Kier alpha value is -2.73. The molecule has 3 aromatic heterocycles. The highest BCUT2D eigenvalue weighted by Gasteiger charge is 2.26. The van der Waals surface area contributed by atoms with E-state index in [0.717, 1.165) is 58.4 Å². The molecule has 1 saturated heterocycles. The lowest BCUT2D eigenvalue weighted by Crippen LogP contribution is -2.46. The van der Waals surface area contributed by atoms with Gasteiger partial charge in [0.2, 0.25) is 5.95 Å². The average molecular weight is 378 g/mol. The van der Waals surface area contributed by atoms with E-state index in [0.29, 0.717) is 0 Å². The van der Waals surface area contributed by atoms with Crippen LogP contribution in [0, 0.1) is 20.8 Å². The normalized spacial score (nSPS) is 19.8. The number of nitrogens with zero attached hydrogens (tertiary/aromatic N) is 4. The van der Waals surface area contributed by atoms with Gasteiger partial charge in [-0.15, -0.1) is 0 Å². The maximum absolute atomic E-state index is 5.86. The Balaban J connectivity index is 1.86. The number of hydrogen-bond acceptors (Lipinski definition) is 6. The van der Waals surface area contributed by atoms with Crippen LogP contribution in [0.5, 0.6) is 0 Å². The van der Waals surface area contributed by atoms with E-state index in [1.54, 1.807) is 6.26 Å². The van der Waals surface area contributed by atoms with Crippen molar-refractivity contribution in [1.29, 1.82) is 0 Å². The van der Waals surface area contributed by atoms with Gasteiger partial charge in [-0.05, 0) is 57.9 Å². The highest BCUT2D eigenvalue weighted by molar-refractivity contribution is 5.83. The van der Waals surface area contributed by atoms with Crippen LogP contribution in [-0.4, -0.2) is 40.2 Å². The number of pyridine rings is 1. The first-order valence-corrected chi connectivity index (χ1v) is 9.68. The van der Waals surface area contributed by atoms with Crippen molar-refractivity contribution in [1.82, 2.24) is 15.0 Å². The molecule has 3 aromatic rings. The molecule has 2 atom stereocenters.